The van der Waals surface area contributed by atoms with Gasteiger partial charge in [-0.25, -0.2) is 9.59 Å². The van der Waals surface area contributed by atoms with E-state index in [1.807, 2.05) is 12.1 Å². The Bertz CT molecular complexity index is 1020. The predicted octanol–water partition coefficient (Wildman–Crippen LogP) is 3.33. The van der Waals surface area contributed by atoms with E-state index in [2.05, 4.69) is 5.32 Å². The SMILES string of the molecule is O=C(O)CC[C@@H](CC(=O)CC[C@H](NC(=O)OCc1ccccc1)C(=O)OCc1ccccc1)C(=O)O. The molecule has 0 fully saturated rings. The molecule has 0 aliphatic carbocycles. The second kappa shape index (κ2) is 14.9. The average Bonchev–Trinajstić information content (AvgIpc) is 2.87. The van der Waals surface area contributed by atoms with Gasteiger partial charge in [0.05, 0.1) is 5.92 Å². The summed E-state index contributed by atoms with van der Waals surface area (Å²) >= 11 is 0. The normalized spacial score (nSPS) is 12.1. The fourth-order valence-electron chi connectivity index (χ4n) is 3.28. The standard InChI is InChI=1S/C26H29NO9/c28-21(15-20(24(31)32)11-14-23(29)30)12-13-22(25(33)35-16-18-7-3-1-4-8-18)27-26(34)36-17-19-9-5-2-6-10-19/h1-10,20,22H,11-17H2,(H,27,34)(H,29,30)(H,31,32)/t20-,22-/m0/s1. The third-order valence-electron chi connectivity index (χ3n) is 5.26. The number of carboxylic acid groups (broad SMARTS) is 2. The van der Waals surface area contributed by atoms with Crippen LogP contribution in [0.15, 0.2) is 60.7 Å². The molecule has 1 amide bonds. The largest absolute Gasteiger partial charge is 0.481 e. The van der Waals surface area contributed by atoms with Crippen molar-refractivity contribution < 1.29 is 43.7 Å². The van der Waals surface area contributed by atoms with Gasteiger partial charge in [0.1, 0.15) is 25.0 Å². The van der Waals surface area contributed by atoms with E-state index in [4.69, 9.17) is 14.6 Å². The van der Waals surface area contributed by atoms with Crippen molar-refractivity contribution in [2.75, 3.05) is 0 Å². The molecule has 0 spiro atoms. The van der Waals surface area contributed by atoms with E-state index in [0.29, 0.717) is 0 Å². The maximum absolute atomic E-state index is 12.7. The van der Waals surface area contributed by atoms with Crippen LogP contribution in [0.2, 0.25) is 0 Å². The van der Waals surface area contributed by atoms with Crippen LogP contribution < -0.4 is 5.32 Å². The van der Waals surface area contributed by atoms with Crippen LogP contribution in [0.3, 0.4) is 0 Å². The predicted molar refractivity (Wildman–Crippen MR) is 127 cm³/mol. The van der Waals surface area contributed by atoms with E-state index in [0.717, 1.165) is 11.1 Å². The number of esters is 1. The first-order chi connectivity index (χ1) is 17.2. The number of amides is 1. The van der Waals surface area contributed by atoms with Crippen LogP contribution in [0, 0.1) is 5.92 Å². The van der Waals surface area contributed by atoms with E-state index in [1.165, 1.54) is 0 Å². The van der Waals surface area contributed by atoms with Crippen molar-refractivity contribution in [1.29, 1.82) is 0 Å². The van der Waals surface area contributed by atoms with Gasteiger partial charge in [0, 0.05) is 19.3 Å². The highest BCUT2D eigenvalue weighted by molar-refractivity contribution is 5.86. The number of hydrogen-bond acceptors (Lipinski definition) is 7. The highest BCUT2D eigenvalue weighted by atomic mass is 16.6. The van der Waals surface area contributed by atoms with Gasteiger partial charge in [0.15, 0.2) is 0 Å². The van der Waals surface area contributed by atoms with Gasteiger partial charge in [-0.3, -0.25) is 14.4 Å². The summed E-state index contributed by atoms with van der Waals surface area (Å²) in [6.07, 6.45) is -2.19. The molecule has 0 unspecified atom stereocenters. The number of rotatable bonds is 15. The maximum atomic E-state index is 12.7. The molecule has 2 atom stereocenters. The van der Waals surface area contributed by atoms with Crippen LogP contribution in [-0.2, 0) is 41.9 Å². The smallest absolute Gasteiger partial charge is 0.408 e. The maximum Gasteiger partial charge on any atom is 0.408 e. The first kappa shape index (κ1) is 28.0. The Morgan fingerprint density at radius 1 is 0.750 bits per heavy atom. The van der Waals surface area contributed by atoms with Crippen molar-refractivity contribution in [1.82, 2.24) is 5.32 Å². The van der Waals surface area contributed by atoms with Gasteiger partial charge in [-0.15, -0.1) is 0 Å². The topological polar surface area (TPSA) is 156 Å². The molecule has 3 N–H and O–H groups in total. The first-order valence-corrected chi connectivity index (χ1v) is 11.4. The summed E-state index contributed by atoms with van der Waals surface area (Å²) in [5.74, 6) is -4.84. The summed E-state index contributed by atoms with van der Waals surface area (Å²) < 4.78 is 10.4. The lowest BCUT2D eigenvalue weighted by Crippen LogP contribution is -2.42. The molecule has 192 valence electrons. The van der Waals surface area contributed by atoms with E-state index in [9.17, 15) is 29.1 Å². The molecule has 0 aliphatic rings. The third-order valence-corrected chi connectivity index (χ3v) is 5.26. The molecule has 10 heteroatoms. The number of nitrogens with one attached hydrogen (secondary N) is 1. The molecule has 36 heavy (non-hydrogen) atoms. The average molecular weight is 500 g/mol. The number of benzene rings is 2. The Hall–Kier alpha value is -4.21. The van der Waals surface area contributed by atoms with Crippen LogP contribution in [0.1, 0.15) is 43.2 Å². The van der Waals surface area contributed by atoms with Crippen LogP contribution in [0.25, 0.3) is 0 Å². The lowest BCUT2D eigenvalue weighted by Gasteiger charge is -2.18. The molecule has 0 aromatic heterocycles. The number of ether oxygens (including phenoxy) is 2. The summed E-state index contributed by atoms with van der Waals surface area (Å²) in [5, 5.41) is 20.4. The molecule has 2 aromatic carbocycles. The van der Waals surface area contributed by atoms with Gasteiger partial charge >= 0.3 is 24.0 Å². The van der Waals surface area contributed by atoms with Crippen LogP contribution in [-0.4, -0.2) is 46.0 Å². The van der Waals surface area contributed by atoms with E-state index >= 15 is 0 Å². The van der Waals surface area contributed by atoms with Crippen LogP contribution in [0.5, 0.6) is 0 Å². The van der Waals surface area contributed by atoms with E-state index in [-0.39, 0.29) is 45.3 Å². The van der Waals surface area contributed by atoms with Crippen molar-refractivity contribution in [2.24, 2.45) is 5.92 Å². The number of aliphatic carboxylic acids is 2. The molecular weight excluding hydrogens is 470 g/mol. The summed E-state index contributed by atoms with van der Waals surface area (Å²) in [4.78, 5) is 59.5. The van der Waals surface area contributed by atoms with Gasteiger partial charge in [0.25, 0.3) is 0 Å². The molecule has 0 radical (unpaired) electrons. The summed E-state index contributed by atoms with van der Waals surface area (Å²) in [7, 11) is 0. The molecule has 2 aromatic rings. The van der Waals surface area contributed by atoms with E-state index in [1.54, 1.807) is 48.5 Å². The van der Waals surface area contributed by atoms with E-state index < -0.39 is 41.7 Å². The minimum absolute atomic E-state index is 0.0265. The quantitative estimate of drug-likeness (QED) is 0.313. The fourth-order valence-corrected chi connectivity index (χ4v) is 3.28. The molecule has 0 saturated heterocycles. The number of carbonyl (C=O) groups is 5. The second-order valence-corrected chi connectivity index (χ2v) is 8.10. The highest BCUT2D eigenvalue weighted by Gasteiger charge is 2.26. The zero-order chi connectivity index (χ0) is 26.3. The fraction of sp³-hybridized carbons (Fsp3) is 0.346. The van der Waals surface area contributed by atoms with Gasteiger partial charge in [0.2, 0.25) is 0 Å². The summed E-state index contributed by atoms with van der Waals surface area (Å²) in [6.45, 7) is -0.0671. The molecule has 0 bridgehead atoms. The number of ketones is 1. The number of carbonyl (C=O) groups excluding carboxylic acids is 3. The molecule has 0 saturated carbocycles. The molecule has 10 nitrogen and oxygen atoms in total. The zero-order valence-electron chi connectivity index (χ0n) is 19.6. The van der Waals surface area contributed by atoms with Crippen molar-refractivity contribution in [3.8, 4) is 0 Å². The molecular formula is C26H29NO9. The van der Waals surface area contributed by atoms with Crippen molar-refractivity contribution >= 4 is 29.8 Å². The minimum atomic E-state index is -1.27. The molecule has 2 rings (SSSR count). The lowest BCUT2D eigenvalue weighted by atomic mass is 9.94. The zero-order valence-corrected chi connectivity index (χ0v) is 19.6. The van der Waals surface area contributed by atoms with Gasteiger partial charge in [-0.05, 0) is 24.0 Å². The highest BCUT2D eigenvalue weighted by Crippen LogP contribution is 2.15. The number of hydrogen-bond donors (Lipinski definition) is 3. The first-order valence-electron chi connectivity index (χ1n) is 11.4. The Morgan fingerprint density at radius 2 is 1.31 bits per heavy atom. The molecule has 0 aliphatic heterocycles. The number of alkyl carbamates (subject to hydrolysis) is 1. The van der Waals surface area contributed by atoms with Crippen LogP contribution in [0.4, 0.5) is 4.79 Å². The Morgan fingerprint density at radius 3 is 1.83 bits per heavy atom. The number of carboxylic acids is 2. The third kappa shape index (κ3) is 10.8. The van der Waals surface area contributed by atoms with Crippen molar-refractivity contribution in [3.05, 3.63) is 71.8 Å². The molecule has 0 heterocycles. The van der Waals surface area contributed by atoms with Crippen LogP contribution >= 0.6 is 0 Å². The van der Waals surface area contributed by atoms with Gasteiger partial charge in [-0.1, -0.05) is 60.7 Å². The lowest BCUT2D eigenvalue weighted by molar-refractivity contribution is -0.148. The minimum Gasteiger partial charge on any atom is -0.481 e. The Labute approximate surface area is 208 Å². The monoisotopic (exact) mass is 499 g/mol. The van der Waals surface area contributed by atoms with Gasteiger partial charge in [-0.2, -0.15) is 0 Å². The van der Waals surface area contributed by atoms with Crippen molar-refractivity contribution in [3.63, 3.8) is 0 Å². The number of Topliss-reactive ketones (excluding diaryl/α,β-unsaturated/α-hetero) is 1. The summed E-state index contributed by atoms with van der Waals surface area (Å²) in [6, 6.07) is 16.6. The van der Waals surface area contributed by atoms with Crippen molar-refractivity contribution in [2.45, 2.75) is 51.4 Å². The van der Waals surface area contributed by atoms with Gasteiger partial charge < -0.3 is 25.0 Å². The Kier molecular flexibility index (Phi) is 11.6. The Balaban J connectivity index is 1.96. The summed E-state index contributed by atoms with van der Waals surface area (Å²) in [5.41, 5.74) is 1.47. The second-order valence-electron chi connectivity index (χ2n) is 8.10.